The van der Waals surface area contributed by atoms with Crippen LogP contribution in [-0.4, -0.2) is 20.1 Å². The largest absolute Gasteiger partial charge is 0.507 e. The SMILES string of the molecule is Cc1ccc(C(O)=Cc2nc3ncc(Br)cc3[nH]c2=O)cc1. The number of rotatable bonds is 2. The summed E-state index contributed by atoms with van der Waals surface area (Å²) >= 11 is 3.29. The Labute approximate surface area is 134 Å². The van der Waals surface area contributed by atoms with Gasteiger partial charge in [-0.15, -0.1) is 0 Å². The summed E-state index contributed by atoms with van der Waals surface area (Å²) in [6.45, 7) is 1.96. The number of aliphatic hydroxyl groups is 1. The smallest absolute Gasteiger partial charge is 0.274 e. The zero-order valence-corrected chi connectivity index (χ0v) is 13.3. The number of aliphatic hydroxyl groups excluding tert-OH is 1. The van der Waals surface area contributed by atoms with Crippen LogP contribution in [0.4, 0.5) is 0 Å². The van der Waals surface area contributed by atoms with Gasteiger partial charge in [0.05, 0.1) is 5.52 Å². The molecule has 0 fully saturated rings. The van der Waals surface area contributed by atoms with Gasteiger partial charge in [0.15, 0.2) is 5.65 Å². The van der Waals surface area contributed by atoms with Crippen molar-refractivity contribution in [3.63, 3.8) is 0 Å². The van der Waals surface area contributed by atoms with Crippen LogP contribution in [-0.2, 0) is 0 Å². The van der Waals surface area contributed by atoms with Gasteiger partial charge in [-0.3, -0.25) is 4.79 Å². The summed E-state index contributed by atoms with van der Waals surface area (Å²) in [6.07, 6.45) is 2.94. The number of nitrogens with one attached hydrogen (secondary N) is 1. The van der Waals surface area contributed by atoms with Crippen molar-refractivity contribution in [1.82, 2.24) is 15.0 Å². The number of fused-ring (bicyclic) bond motifs is 1. The third-order valence-corrected chi connectivity index (χ3v) is 3.59. The van der Waals surface area contributed by atoms with E-state index in [1.54, 1.807) is 24.4 Å². The lowest BCUT2D eigenvalue weighted by Crippen LogP contribution is -2.12. The molecule has 22 heavy (non-hydrogen) atoms. The molecule has 0 saturated carbocycles. The topological polar surface area (TPSA) is 78.9 Å². The van der Waals surface area contributed by atoms with E-state index >= 15 is 0 Å². The van der Waals surface area contributed by atoms with Crippen molar-refractivity contribution >= 4 is 38.9 Å². The zero-order valence-electron chi connectivity index (χ0n) is 11.7. The Morgan fingerprint density at radius 2 is 2.05 bits per heavy atom. The van der Waals surface area contributed by atoms with Crippen molar-refractivity contribution in [3.8, 4) is 0 Å². The summed E-state index contributed by atoms with van der Waals surface area (Å²) in [4.78, 5) is 23.1. The van der Waals surface area contributed by atoms with Crippen LogP contribution in [0.1, 0.15) is 16.8 Å². The molecule has 0 amide bonds. The first-order valence-electron chi connectivity index (χ1n) is 6.56. The molecule has 0 atom stereocenters. The molecule has 110 valence electrons. The normalized spacial score (nSPS) is 11.8. The fourth-order valence-corrected chi connectivity index (χ4v) is 2.33. The molecule has 0 spiro atoms. The van der Waals surface area contributed by atoms with Gasteiger partial charge in [0.1, 0.15) is 11.5 Å². The molecule has 5 nitrogen and oxygen atoms in total. The van der Waals surface area contributed by atoms with E-state index in [4.69, 9.17) is 0 Å². The monoisotopic (exact) mass is 357 g/mol. The Morgan fingerprint density at radius 3 is 2.77 bits per heavy atom. The lowest BCUT2D eigenvalue weighted by Gasteiger charge is -2.02. The van der Waals surface area contributed by atoms with Gasteiger partial charge in [0.2, 0.25) is 0 Å². The molecule has 6 heteroatoms. The maximum Gasteiger partial charge on any atom is 0.274 e. The van der Waals surface area contributed by atoms with E-state index in [1.165, 1.54) is 6.08 Å². The maximum absolute atomic E-state index is 12.0. The third-order valence-electron chi connectivity index (χ3n) is 3.16. The highest BCUT2D eigenvalue weighted by Gasteiger charge is 2.07. The molecule has 2 aromatic heterocycles. The fraction of sp³-hybridized carbons (Fsp3) is 0.0625. The van der Waals surface area contributed by atoms with E-state index in [0.29, 0.717) is 16.7 Å². The average molecular weight is 358 g/mol. The predicted octanol–water partition coefficient (Wildman–Crippen LogP) is 3.45. The minimum atomic E-state index is -0.383. The van der Waals surface area contributed by atoms with Crippen molar-refractivity contribution in [2.75, 3.05) is 0 Å². The second-order valence-electron chi connectivity index (χ2n) is 4.87. The lowest BCUT2D eigenvalue weighted by atomic mass is 10.1. The molecular weight excluding hydrogens is 346 g/mol. The second-order valence-corrected chi connectivity index (χ2v) is 5.79. The summed E-state index contributed by atoms with van der Waals surface area (Å²) in [6, 6.07) is 9.06. The summed E-state index contributed by atoms with van der Waals surface area (Å²) in [7, 11) is 0. The molecule has 3 rings (SSSR count). The number of aromatic amines is 1. The van der Waals surface area contributed by atoms with E-state index in [2.05, 4.69) is 30.9 Å². The minimum absolute atomic E-state index is 0.0190. The van der Waals surface area contributed by atoms with Gasteiger partial charge < -0.3 is 10.1 Å². The number of H-pyrrole nitrogens is 1. The standard InChI is InChI=1S/C16H12BrN3O2/c1-9-2-4-10(5-3-9)14(21)7-13-16(22)20-12-6-11(17)8-18-15(12)19-13/h2-8,21H,1H3,(H,20,22). The van der Waals surface area contributed by atoms with Crippen LogP contribution in [0.5, 0.6) is 0 Å². The van der Waals surface area contributed by atoms with Crippen LogP contribution in [0.25, 0.3) is 23.0 Å². The Balaban J connectivity index is 2.07. The number of hydrogen-bond donors (Lipinski definition) is 2. The van der Waals surface area contributed by atoms with E-state index in [9.17, 15) is 9.90 Å². The van der Waals surface area contributed by atoms with Crippen molar-refractivity contribution < 1.29 is 5.11 Å². The Morgan fingerprint density at radius 1 is 1.32 bits per heavy atom. The van der Waals surface area contributed by atoms with Crippen LogP contribution in [0, 0.1) is 6.92 Å². The van der Waals surface area contributed by atoms with E-state index in [-0.39, 0.29) is 17.0 Å². The Hall–Kier alpha value is -2.47. The molecule has 2 heterocycles. The number of halogens is 1. The minimum Gasteiger partial charge on any atom is -0.507 e. The van der Waals surface area contributed by atoms with Gasteiger partial charge in [-0.2, -0.15) is 0 Å². The predicted molar refractivity (Wildman–Crippen MR) is 89.5 cm³/mol. The van der Waals surface area contributed by atoms with Crippen LogP contribution < -0.4 is 5.56 Å². The van der Waals surface area contributed by atoms with Gasteiger partial charge in [-0.1, -0.05) is 29.8 Å². The van der Waals surface area contributed by atoms with Gasteiger partial charge in [-0.25, -0.2) is 9.97 Å². The van der Waals surface area contributed by atoms with Crippen molar-refractivity contribution in [3.05, 3.63) is 68.2 Å². The number of benzene rings is 1. The maximum atomic E-state index is 12.0. The highest BCUT2D eigenvalue weighted by atomic mass is 79.9. The van der Waals surface area contributed by atoms with Crippen molar-refractivity contribution in [2.45, 2.75) is 6.92 Å². The molecule has 0 bridgehead atoms. The highest BCUT2D eigenvalue weighted by Crippen LogP contribution is 2.16. The summed E-state index contributed by atoms with van der Waals surface area (Å²) in [5.74, 6) is -0.0190. The molecule has 0 radical (unpaired) electrons. The van der Waals surface area contributed by atoms with Gasteiger partial charge in [-0.05, 0) is 28.9 Å². The average Bonchev–Trinajstić information content (AvgIpc) is 2.49. The molecule has 0 aliphatic carbocycles. The molecular formula is C16H12BrN3O2. The first kappa shape index (κ1) is 14.5. The van der Waals surface area contributed by atoms with Crippen LogP contribution in [0.15, 0.2) is 45.8 Å². The number of aromatic nitrogens is 3. The van der Waals surface area contributed by atoms with E-state index < -0.39 is 0 Å². The molecule has 0 unspecified atom stereocenters. The van der Waals surface area contributed by atoms with Crippen molar-refractivity contribution in [1.29, 1.82) is 0 Å². The third kappa shape index (κ3) is 2.92. The van der Waals surface area contributed by atoms with Crippen LogP contribution in [0.3, 0.4) is 0 Å². The van der Waals surface area contributed by atoms with Crippen LogP contribution in [0.2, 0.25) is 0 Å². The summed E-state index contributed by atoms with van der Waals surface area (Å²) in [5.41, 5.74) is 2.38. The molecule has 2 N–H and O–H groups in total. The molecule has 3 aromatic rings. The van der Waals surface area contributed by atoms with Crippen molar-refractivity contribution in [2.24, 2.45) is 0 Å². The van der Waals surface area contributed by atoms with Gasteiger partial charge in [0.25, 0.3) is 5.56 Å². The Kier molecular flexibility index (Phi) is 3.77. The second kappa shape index (κ2) is 5.73. The molecule has 0 aliphatic rings. The van der Waals surface area contributed by atoms with E-state index in [1.807, 2.05) is 19.1 Å². The summed E-state index contributed by atoms with van der Waals surface area (Å²) in [5, 5.41) is 10.1. The number of aryl methyl sites for hydroxylation is 1. The molecule has 0 saturated heterocycles. The van der Waals surface area contributed by atoms with Crippen LogP contribution >= 0.6 is 15.9 Å². The highest BCUT2D eigenvalue weighted by molar-refractivity contribution is 9.10. The molecule has 0 aliphatic heterocycles. The first-order valence-corrected chi connectivity index (χ1v) is 7.35. The van der Waals surface area contributed by atoms with Gasteiger partial charge in [0, 0.05) is 22.3 Å². The quantitative estimate of drug-likeness (QED) is 0.688. The molecule has 1 aromatic carbocycles. The lowest BCUT2D eigenvalue weighted by molar-refractivity contribution is 0.515. The number of nitrogens with zero attached hydrogens (tertiary/aromatic N) is 2. The van der Waals surface area contributed by atoms with Gasteiger partial charge >= 0.3 is 0 Å². The van der Waals surface area contributed by atoms with E-state index in [0.717, 1.165) is 10.0 Å². The summed E-state index contributed by atoms with van der Waals surface area (Å²) < 4.78 is 0.753. The fourth-order valence-electron chi connectivity index (χ4n) is 2.00. The first-order chi connectivity index (χ1) is 10.5. The zero-order chi connectivity index (χ0) is 15.7. The number of pyridine rings is 1. The Bertz CT molecular complexity index is 930. The number of hydrogen-bond acceptors (Lipinski definition) is 4.